The Kier molecular flexibility index (Phi) is 3.19. The Bertz CT molecular complexity index is 293. The molecular weight excluding hydrogens is 166 g/mol. The van der Waals surface area contributed by atoms with E-state index in [1.54, 1.807) is 17.1 Å². The molecule has 0 aliphatic carbocycles. The Morgan fingerprint density at radius 1 is 1.77 bits per heavy atom. The summed E-state index contributed by atoms with van der Waals surface area (Å²) in [4.78, 5) is 11.6. The summed E-state index contributed by atoms with van der Waals surface area (Å²) in [6, 6.07) is 0. The summed E-state index contributed by atoms with van der Waals surface area (Å²) in [5.74, 6) is -0.0447. The van der Waals surface area contributed by atoms with Crippen molar-refractivity contribution in [2.45, 2.75) is 20.4 Å². The first-order chi connectivity index (χ1) is 6.19. The number of ketones is 1. The normalized spacial score (nSPS) is 12.8. The number of nitrogens with zero attached hydrogens (tertiary/aromatic N) is 2. The Balaban J connectivity index is 2.77. The Labute approximate surface area is 77.7 Å². The Morgan fingerprint density at radius 3 is 2.92 bits per heavy atom. The fraction of sp³-hybridized carbons (Fsp3) is 0.556. The molecule has 0 spiro atoms. The number of rotatable bonds is 4. The number of carbonyl (C=O) groups is 1. The van der Waals surface area contributed by atoms with Gasteiger partial charge in [0.15, 0.2) is 5.78 Å². The topological polar surface area (TPSA) is 60.9 Å². The van der Waals surface area contributed by atoms with Crippen LogP contribution in [0.1, 0.15) is 24.2 Å². The van der Waals surface area contributed by atoms with Crippen molar-refractivity contribution < 1.29 is 4.79 Å². The summed E-state index contributed by atoms with van der Waals surface area (Å²) >= 11 is 0. The standard InChI is InChI=1S/C9H15N3O/c1-3-12-6-8(5-11-12)9(13)7(2)4-10/h5-7H,3-4,10H2,1-2H3. The highest BCUT2D eigenvalue weighted by atomic mass is 16.1. The van der Waals surface area contributed by atoms with Crippen molar-refractivity contribution in [1.29, 1.82) is 0 Å². The van der Waals surface area contributed by atoms with Crippen LogP contribution in [0.3, 0.4) is 0 Å². The molecule has 0 amide bonds. The fourth-order valence-electron chi connectivity index (χ4n) is 1.06. The lowest BCUT2D eigenvalue weighted by atomic mass is 10.0. The fourth-order valence-corrected chi connectivity index (χ4v) is 1.06. The first-order valence-electron chi connectivity index (χ1n) is 4.45. The zero-order valence-electron chi connectivity index (χ0n) is 8.03. The van der Waals surface area contributed by atoms with E-state index in [1.165, 1.54) is 0 Å². The minimum Gasteiger partial charge on any atom is -0.330 e. The van der Waals surface area contributed by atoms with E-state index in [-0.39, 0.29) is 11.7 Å². The summed E-state index contributed by atoms with van der Waals surface area (Å²) in [6.45, 7) is 4.97. The van der Waals surface area contributed by atoms with Gasteiger partial charge in [-0.15, -0.1) is 0 Å². The van der Waals surface area contributed by atoms with Gasteiger partial charge in [-0.3, -0.25) is 9.48 Å². The number of carbonyl (C=O) groups excluding carboxylic acids is 1. The highest BCUT2D eigenvalue weighted by Crippen LogP contribution is 2.06. The molecule has 0 bridgehead atoms. The largest absolute Gasteiger partial charge is 0.330 e. The molecule has 4 nitrogen and oxygen atoms in total. The Hall–Kier alpha value is -1.16. The molecule has 0 aliphatic heterocycles. The highest BCUT2D eigenvalue weighted by molar-refractivity contribution is 5.97. The minimum atomic E-state index is -0.116. The maximum absolute atomic E-state index is 11.6. The lowest BCUT2D eigenvalue weighted by Crippen LogP contribution is -2.20. The molecule has 1 aromatic heterocycles. The third kappa shape index (κ3) is 2.15. The zero-order chi connectivity index (χ0) is 9.84. The van der Waals surface area contributed by atoms with Gasteiger partial charge < -0.3 is 5.73 Å². The summed E-state index contributed by atoms with van der Waals surface area (Å²) in [6.07, 6.45) is 3.35. The van der Waals surface area contributed by atoms with Gasteiger partial charge in [-0.25, -0.2) is 0 Å². The second-order valence-electron chi connectivity index (χ2n) is 3.09. The second-order valence-corrected chi connectivity index (χ2v) is 3.09. The number of hydrogen-bond acceptors (Lipinski definition) is 3. The van der Waals surface area contributed by atoms with Crippen molar-refractivity contribution in [3.8, 4) is 0 Å². The molecule has 0 aromatic carbocycles. The lowest BCUT2D eigenvalue weighted by Gasteiger charge is -2.03. The van der Waals surface area contributed by atoms with Crippen molar-refractivity contribution in [2.75, 3.05) is 6.54 Å². The van der Waals surface area contributed by atoms with E-state index in [0.717, 1.165) is 6.54 Å². The van der Waals surface area contributed by atoms with Gasteiger partial charge in [0.1, 0.15) is 0 Å². The SMILES string of the molecule is CCn1cc(C(=O)C(C)CN)cn1. The van der Waals surface area contributed by atoms with Crippen LogP contribution in [0.5, 0.6) is 0 Å². The first-order valence-corrected chi connectivity index (χ1v) is 4.45. The van der Waals surface area contributed by atoms with Gasteiger partial charge in [0.2, 0.25) is 0 Å². The van der Waals surface area contributed by atoms with E-state index in [1.807, 2.05) is 13.8 Å². The van der Waals surface area contributed by atoms with E-state index in [2.05, 4.69) is 5.10 Å². The van der Waals surface area contributed by atoms with Gasteiger partial charge in [-0.05, 0) is 6.92 Å². The summed E-state index contributed by atoms with van der Waals surface area (Å²) in [5.41, 5.74) is 6.05. The molecule has 0 radical (unpaired) electrons. The smallest absolute Gasteiger partial charge is 0.170 e. The molecule has 4 heteroatoms. The van der Waals surface area contributed by atoms with Crippen molar-refractivity contribution in [3.05, 3.63) is 18.0 Å². The van der Waals surface area contributed by atoms with Crippen LogP contribution in [0.15, 0.2) is 12.4 Å². The zero-order valence-corrected chi connectivity index (χ0v) is 8.03. The molecule has 1 atom stereocenters. The molecular formula is C9H15N3O. The first kappa shape index (κ1) is 9.92. The van der Waals surface area contributed by atoms with Crippen LogP contribution >= 0.6 is 0 Å². The molecule has 2 N–H and O–H groups in total. The molecule has 1 unspecified atom stereocenters. The summed E-state index contributed by atoms with van der Waals surface area (Å²) in [5, 5.41) is 4.03. The van der Waals surface area contributed by atoms with Crippen molar-refractivity contribution in [2.24, 2.45) is 11.7 Å². The molecule has 1 aromatic rings. The molecule has 1 heterocycles. The quantitative estimate of drug-likeness (QED) is 0.695. The van der Waals surface area contributed by atoms with Crippen molar-refractivity contribution >= 4 is 5.78 Å². The monoisotopic (exact) mass is 181 g/mol. The molecule has 0 fully saturated rings. The number of Topliss-reactive ketones (excluding diaryl/α,β-unsaturated/α-hetero) is 1. The molecule has 0 aliphatic rings. The maximum Gasteiger partial charge on any atom is 0.170 e. The van der Waals surface area contributed by atoms with Crippen LogP contribution < -0.4 is 5.73 Å². The molecule has 0 saturated heterocycles. The van der Waals surface area contributed by atoms with E-state index in [9.17, 15) is 4.79 Å². The Morgan fingerprint density at radius 2 is 2.46 bits per heavy atom. The minimum absolute atomic E-state index is 0.0715. The van der Waals surface area contributed by atoms with Crippen LogP contribution in [0.4, 0.5) is 0 Å². The lowest BCUT2D eigenvalue weighted by molar-refractivity contribution is 0.0934. The van der Waals surface area contributed by atoms with Gasteiger partial charge >= 0.3 is 0 Å². The van der Waals surface area contributed by atoms with Crippen LogP contribution in [-0.2, 0) is 6.54 Å². The van der Waals surface area contributed by atoms with Crippen LogP contribution in [-0.4, -0.2) is 22.1 Å². The van der Waals surface area contributed by atoms with E-state index >= 15 is 0 Å². The highest BCUT2D eigenvalue weighted by Gasteiger charge is 2.14. The van der Waals surface area contributed by atoms with Gasteiger partial charge in [0, 0.05) is 25.2 Å². The van der Waals surface area contributed by atoms with Crippen molar-refractivity contribution in [3.63, 3.8) is 0 Å². The van der Waals surface area contributed by atoms with Gasteiger partial charge in [-0.2, -0.15) is 5.10 Å². The summed E-state index contributed by atoms with van der Waals surface area (Å²) in [7, 11) is 0. The predicted molar refractivity (Wildman–Crippen MR) is 50.4 cm³/mol. The van der Waals surface area contributed by atoms with E-state index in [4.69, 9.17) is 5.73 Å². The van der Waals surface area contributed by atoms with Crippen LogP contribution in [0.2, 0.25) is 0 Å². The maximum atomic E-state index is 11.6. The molecule has 13 heavy (non-hydrogen) atoms. The number of hydrogen-bond donors (Lipinski definition) is 1. The predicted octanol–water partition coefficient (Wildman–Crippen LogP) is 0.680. The third-order valence-corrected chi connectivity index (χ3v) is 2.04. The summed E-state index contributed by atoms with van der Waals surface area (Å²) < 4.78 is 1.73. The number of aromatic nitrogens is 2. The van der Waals surface area contributed by atoms with Gasteiger partial charge in [0.05, 0.1) is 11.8 Å². The number of nitrogens with two attached hydrogens (primary N) is 1. The van der Waals surface area contributed by atoms with Crippen molar-refractivity contribution in [1.82, 2.24) is 9.78 Å². The second kappa shape index (κ2) is 4.18. The van der Waals surface area contributed by atoms with Gasteiger partial charge in [0.25, 0.3) is 0 Å². The van der Waals surface area contributed by atoms with Crippen LogP contribution in [0, 0.1) is 5.92 Å². The van der Waals surface area contributed by atoms with Gasteiger partial charge in [-0.1, -0.05) is 6.92 Å². The van der Waals surface area contributed by atoms with Crippen LogP contribution in [0.25, 0.3) is 0 Å². The number of aryl methyl sites for hydroxylation is 1. The third-order valence-electron chi connectivity index (χ3n) is 2.04. The average molecular weight is 181 g/mol. The molecule has 1 rings (SSSR count). The van der Waals surface area contributed by atoms with E-state index < -0.39 is 0 Å². The van der Waals surface area contributed by atoms with E-state index in [0.29, 0.717) is 12.1 Å². The molecule has 0 saturated carbocycles. The molecule has 72 valence electrons. The average Bonchev–Trinajstić information content (AvgIpc) is 2.63.